The summed E-state index contributed by atoms with van der Waals surface area (Å²) in [4.78, 5) is 0. The van der Waals surface area contributed by atoms with Gasteiger partial charge in [-0.2, -0.15) is 13.8 Å². The van der Waals surface area contributed by atoms with Crippen molar-refractivity contribution in [3.63, 3.8) is 0 Å². The maximum absolute atomic E-state index is 6.27. The summed E-state index contributed by atoms with van der Waals surface area (Å²) in [5.74, 6) is 0. The van der Waals surface area contributed by atoms with E-state index in [1.807, 2.05) is 0 Å². The second-order valence-electron chi connectivity index (χ2n) is 3.73. The molecule has 0 rings (SSSR count). The van der Waals surface area contributed by atoms with Crippen molar-refractivity contribution >= 4 is 0 Å². The maximum atomic E-state index is 6.27. The summed E-state index contributed by atoms with van der Waals surface area (Å²) < 4.78 is 0. The molecule has 0 unspecified atom stereocenters. The van der Waals surface area contributed by atoms with Crippen LogP contribution in [0.3, 0.4) is 0 Å². The van der Waals surface area contributed by atoms with Gasteiger partial charge < -0.3 is 25.3 Å². The summed E-state index contributed by atoms with van der Waals surface area (Å²) in [6.07, 6.45) is 3.84. The molecule has 0 aliphatic heterocycles. The van der Waals surface area contributed by atoms with E-state index in [0.717, 1.165) is 25.7 Å². The van der Waals surface area contributed by atoms with Gasteiger partial charge >= 0.3 is 19.5 Å². The first-order valence-corrected chi connectivity index (χ1v) is 6.48. The Morgan fingerprint density at radius 2 is 0.765 bits per heavy atom. The molecule has 102 valence electrons. The molecule has 3 heteroatoms. The minimum atomic E-state index is -0.184. The van der Waals surface area contributed by atoms with E-state index in [0.29, 0.717) is 0 Å². The molecule has 0 saturated carbocycles. The van der Waals surface area contributed by atoms with E-state index in [9.17, 15) is 0 Å². The van der Waals surface area contributed by atoms with Gasteiger partial charge in [0.25, 0.3) is 0 Å². The standard InChI is InChI=1S/C10H24N2.2C2H5.Zn/c1-5-9(11,6-2)10(12,7-3)8-4;2*1-2;/h5-8,11-12H2,1-4H3;2*1H2,2H3;/q;2*-1;+2. The third-order valence-electron chi connectivity index (χ3n) is 3.52. The van der Waals surface area contributed by atoms with Crippen LogP contribution in [0.25, 0.3) is 0 Å². The third kappa shape index (κ3) is 7.54. The summed E-state index contributed by atoms with van der Waals surface area (Å²) in [6.45, 7) is 18.5. The molecule has 0 aliphatic carbocycles. The Labute approximate surface area is 123 Å². The van der Waals surface area contributed by atoms with Crippen molar-refractivity contribution in [2.24, 2.45) is 11.5 Å². The fourth-order valence-electron chi connectivity index (χ4n) is 1.91. The van der Waals surface area contributed by atoms with Crippen LogP contribution in [-0.4, -0.2) is 11.1 Å². The summed E-state index contributed by atoms with van der Waals surface area (Å²) >= 11 is 0. The molecule has 0 fully saturated rings. The molecule has 0 aromatic carbocycles. The van der Waals surface area contributed by atoms with E-state index < -0.39 is 0 Å². The molecule has 0 amide bonds. The third-order valence-corrected chi connectivity index (χ3v) is 3.52. The van der Waals surface area contributed by atoms with Crippen LogP contribution in [0.15, 0.2) is 0 Å². The van der Waals surface area contributed by atoms with Crippen LogP contribution in [0, 0.1) is 13.8 Å². The number of hydrogen-bond acceptors (Lipinski definition) is 2. The van der Waals surface area contributed by atoms with Crippen molar-refractivity contribution < 1.29 is 19.5 Å². The number of rotatable bonds is 5. The van der Waals surface area contributed by atoms with E-state index >= 15 is 0 Å². The fourth-order valence-corrected chi connectivity index (χ4v) is 1.91. The largest absolute Gasteiger partial charge is 2.00 e. The first-order valence-electron chi connectivity index (χ1n) is 6.48. The van der Waals surface area contributed by atoms with Gasteiger partial charge in [0.2, 0.25) is 0 Å². The number of hydrogen-bond donors (Lipinski definition) is 2. The van der Waals surface area contributed by atoms with Crippen molar-refractivity contribution in [2.45, 2.75) is 78.3 Å². The second-order valence-corrected chi connectivity index (χ2v) is 3.73. The Balaban J connectivity index is -0.000000152. The van der Waals surface area contributed by atoms with Gasteiger partial charge in [0.15, 0.2) is 0 Å². The van der Waals surface area contributed by atoms with Crippen LogP contribution < -0.4 is 11.5 Å². The molecule has 0 saturated heterocycles. The van der Waals surface area contributed by atoms with Gasteiger partial charge in [-0.05, 0) is 25.7 Å². The van der Waals surface area contributed by atoms with Crippen molar-refractivity contribution in [1.82, 2.24) is 0 Å². The van der Waals surface area contributed by atoms with Gasteiger partial charge in [-0.25, -0.2) is 0 Å². The van der Waals surface area contributed by atoms with Crippen molar-refractivity contribution in [3.8, 4) is 0 Å². The molecule has 0 spiro atoms. The van der Waals surface area contributed by atoms with Crippen molar-refractivity contribution in [2.75, 3.05) is 0 Å². The number of nitrogens with two attached hydrogens (primary N) is 2. The molecule has 4 N–H and O–H groups in total. The van der Waals surface area contributed by atoms with Gasteiger partial charge in [0.05, 0.1) is 0 Å². The molecular weight excluding hydrogens is 262 g/mol. The Hall–Kier alpha value is 0.543. The summed E-state index contributed by atoms with van der Waals surface area (Å²) in [5.41, 5.74) is 12.2. The van der Waals surface area contributed by atoms with Gasteiger partial charge in [0.1, 0.15) is 0 Å². The molecule has 0 bridgehead atoms. The van der Waals surface area contributed by atoms with Gasteiger partial charge in [0, 0.05) is 11.1 Å². The second kappa shape index (κ2) is 14.6. The van der Waals surface area contributed by atoms with Gasteiger partial charge in [-0.15, -0.1) is 0 Å². The topological polar surface area (TPSA) is 52.0 Å². The Kier molecular flexibility index (Phi) is 22.5. The molecule has 17 heavy (non-hydrogen) atoms. The van der Waals surface area contributed by atoms with Gasteiger partial charge in [-0.3, -0.25) is 0 Å². The quantitative estimate of drug-likeness (QED) is 0.600. The molecular formula is C14H34N2Zn. The molecule has 2 nitrogen and oxygen atoms in total. The Bertz CT molecular complexity index is 114. The first-order chi connectivity index (χ1) is 7.49. The molecule has 0 radical (unpaired) electrons. The molecule has 0 aliphatic rings. The van der Waals surface area contributed by atoms with E-state index in [2.05, 4.69) is 41.5 Å². The van der Waals surface area contributed by atoms with E-state index in [4.69, 9.17) is 11.5 Å². The van der Waals surface area contributed by atoms with Crippen LogP contribution in [-0.2, 0) is 19.5 Å². The Morgan fingerprint density at radius 1 is 0.647 bits per heavy atom. The normalized spacial score (nSPS) is 10.2. The monoisotopic (exact) mass is 294 g/mol. The van der Waals surface area contributed by atoms with Gasteiger partial charge in [-0.1, -0.05) is 27.7 Å². The van der Waals surface area contributed by atoms with E-state index in [1.165, 1.54) is 0 Å². The van der Waals surface area contributed by atoms with Crippen LogP contribution in [0.1, 0.15) is 67.2 Å². The smallest absolute Gasteiger partial charge is 0.346 e. The zero-order valence-electron chi connectivity index (χ0n) is 13.1. The zero-order chi connectivity index (χ0) is 13.8. The zero-order valence-corrected chi connectivity index (χ0v) is 16.1. The summed E-state index contributed by atoms with van der Waals surface area (Å²) in [7, 11) is 0. The van der Waals surface area contributed by atoms with E-state index in [1.54, 1.807) is 13.8 Å². The SMILES string of the molecule is CCC(N)(CC)C(N)(CC)CC.[CH2-]C.[CH2-]C.[Zn+2]. The average Bonchev–Trinajstić information content (AvgIpc) is 2.41. The van der Waals surface area contributed by atoms with Crippen LogP contribution >= 0.6 is 0 Å². The molecule has 0 atom stereocenters. The molecule has 0 heterocycles. The Morgan fingerprint density at radius 3 is 0.824 bits per heavy atom. The maximum Gasteiger partial charge on any atom is 2.00 e. The minimum Gasteiger partial charge on any atom is -0.346 e. The van der Waals surface area contributed by atoms with Crippen molar-refractivity contribution in [3.05, 3.63) is 13.8 Å². The van der Waals surface area contributed by atoms with Crippen LogP contribution in [0.4, 0.5) is 0 Å². The summed E-state index contributed by atoms with van der Waals surface area (Å²) in [5, 5.41) is 0. The summed E-state index contributed by atoms with van der Waals surface area (Å²) in [6, 6.07) is 0. The predicted molar refractivity (Wildman–Crippen MR) is 77.1 cm³/mol. The first kappa shape index (κ1) is 26.2. The van der Waals surface area contributed by atoms with Crippen LogP contribution in [0.2, 0.25) is 0 Å². The minimum absolute atomic E-state index is 0. The average molecular weight is 296 g/mol. The predicted octanol–water partition coefficient (Wildman–Crippen LogP) is 3.70. The molecule has 0 aromatic heterocycles. The van der Waals surface area contributed by atoms with Crippen LogP contribution in [0.5, 0.6) is 0 Å². The van der Waals surface area contributed by atoms with E-state index in [-0.39, 0.29) is 30.6 Å². The van der Waals surface area contributed by atoms with Crippen molar-refractivity contribution in [1.29, 1.82) is 0 Å². The molecule has 0 aromatic rings. The fraction of sp³-hybridized carbons (Fsp3) is 0.857.